The zero-order chi connectivity index (χ0) is 19.4. The standard InChI is InChI=1S/C18H17Cl2NO5S/c19-15-4-1-14(17(20)11-15)12-26-18(22)13-2-5-16(6-3-13)27(23,24)21-7-9-25-10-8-21/h1-6,11H,7-10,12H2. The van der Waals surface area contributed by atoms with Crippen molar-refractivity contribution in [2.24, 2.45) is 0 Å². The normalized spacial score (nSPS) is 15.5. The van der Waals surface area contributed by atoms with Gasteiger partial charge in [-0.15, -0.1) is 0 Å². The largest absolute Gasteiger partial charge is 0.457 e. The van der Waals surface area contributed by atoms with E-state index in [1.165, 1.54) is 28.6 Å². The number of ether oxygens (including phenoxy) is 2. The van der Waals surface area contributed by atoms with Crippen LogP contribution in [0.1, 0.15) is 15.9 Å². The highest BCUT2D eigenvalue weighted by atomic mass is 35.5. The molecule has 0 N–H and O–H groups in total. The molecule has 0 bridgehead atoms. The highest BCUT2D eigenvalue weighted by molar-refractivity contribution is 7.89. The van der Waals surface area contributed by atoms with E-state index in [1.807, 2.05) is 0 Å². The predicted octanol–water partition coefficient (Wildman–Crippen LogP) is 3.37. The highest BCUT2D eigenvalue weighted by Gasteiger charge is 2.26. The molecule has 0 atom stereocenters. The van der Waals surface area contributed by atoms with Crippen molar-refractivity contribution in [3.8, 4) is 0 Å². The monoisotopic (exact) mass is 429 g/mol. The fourth-order valence-corrected chi connectivity index (χ4v) is 4.44. The van der Waals surface area contributed by atoms with E-state index in [0.29, 0.717) is 41.9 Å². The summed E-state index contributed by atoms with van der Waals surface area (Å²) < 4.78 is 36.9. The second-order valence-corrected chi connectivity index (χ2v) is 8.63. The summed E-state index contributed by atoms with van der Waals surface area (Å²) >= 11 is 11.9. The van der Waals surface area contributed by atoms with E-state index in [4.69, 9.17) is 32.7 Å². The van der Waals surface area contributed by atoms with Gasteiger partial charge in [-0.1, -0.05) is 29.3 Å². The van der Waals surface area contributed by atoms with Gasteiger partial charge >= 0.3 is 5.97 Å². The number of morpholine rings is 1. The minimum Gasteiger partial charge on any atom is -0.457 e. The Balaban J connectivity index is 1.66. The number of nitrogens with zero attached hydrogens (tertiary/aromatic N) is 1. The first-order valence-corrected chi connectivity index (χ1v) is 10.4. The number of carbonyl (C=O) groups excluding carboxylic acids is 1. The Hall–Kier alpha value is -1.64. The lowest BCUT2D eigenvalue weighted by Gasteiger charge is -2.26. The van der Waals surface area contributed by atoms with Gasteiger partial charge in [-0.25, -0.2) is 13.2 Å². The van der Waals surface area contributed by atoms with Gasteiger partial charge in [-0.2, -0.15) is 4.31 Å². The van der Waals surface area contributed by atoms with Crippen LogP contribution in [0.15, 0.2) is 47.4 Å². The third-order valence-electron chi connectivity index (χ3n) is 4.07. The van der Waals surface area contributed by atoms with E-state index in [-0.39, 0.29) is 17.1 Å². The maximum Gasteiger partial charge on any atom is 0.338 e. The fraction of sp³-hybridized carbons (Fsp3) is 0.278. The summed E-state index contributed by atoms with van der Waals surface area (Å²) in [5.41, 5.74) is 0.877. The first-order chi connectivity index (χ1) is 12.9. The molecular weight excluding hydrogens is 413 g/mol. The van der Waals surface area contributed by atoms with E-state index in [0.717, 1.165) is 0 Å². The SMILES string of the molecule is O=C(OCc1ccc(Cl)cc1Cl)c1ccc(S(=O)(=O)N2CCOCC2)cc1. The van der Waals surface area contributed by atoms with Crippen LogP contribution >= 0.6 is 23.2 Å². The van der Waals surface area contributed by atoms with Crippen molar-refractivity contribution in [1.29, 1.82) is 0 Å². The minimum atomic E-state index is -3.60. The van der Waals surface area contributed by atoms with Crippen LogP contribution in [-0.4, -0.2) is 45.0 Å². The number of esters is 1. The summed E-state index contributed by atoms with van der Waals surface area (Å²) in [5, 5.41) is 0.898. The van der Waals surface area contributed by atoms with Crippen molar-refractivity contribution in [1.82, 2.24) is 4.31 Å². The molecule has 0 aromatic heterocycles. The van der Waals surface area contributed by atoms with Crippen molar-refractivity contribution in [2.45, 2.75) is 11.5 Å². The molecule has 1 aliphatic heterocycles. The van der Waals surface area contributed by atoms with E-state index < -0.39 is 16.0 Å². The second-order valence-electron chi connectivity index (χ2n) is 5.85. The average molecular weight is 430 g/mol. The lowest BCUT2D eigenvalue weighted by atomic mass is 10.2. The number of rotatable bonds is 5. The summed E-state index contributed by atoms with van der Waals surface area (Å²) in [6, 6.07) is 10.6. The molecule has 6 nitrogen and oxygen atoms in total. The molecule has 9 heteroatoms. The molecule has 2 aromatic carbocycles. The van der Waals surface area contributed by atoms with Gasteiger partial charge in [0.05, 0.1) is 23.7 Å². The van der Waals surface area contributed by atoms with Crippen molar-refractivity contribution in [3.63, 3.8) is 0 Å². The van der Waals surface area contributed by atoms with E-state index in [1.54, 1.807) is 18.2 Å². The van der Waals surface area contributed by atoms with Crippen LogP contribution in [0.4, 0.5) is 0 Å². The molecule has 0 spiro atoms. The molecule has 0 radical (unpaired) electrons. The molecule has 3 rings (SSSR count). The van der Waals surface area contributed by atoms with Crippen molar-refractivity contribution < 1.29 is 22.7 Å². The molecule has 1 aliphatic rings. The third kappa shape index (κ3) is 4.80. The fourth-order valence-electron chi connectivity index (χ4n) is 2.56. The lowest BCUT2D eigenvalue weighted by molar-refractivity contribution is 0.0472. The summed E-state index contributed by atoms with van der Waals surface area (Å²) in [4.78, 5) is 12.3. The first kappa shape index (κ1) is 20.1. The minimum absolute atomic E-state index is 0.0112. The van der Waals surface area contributed by atoms with Gasteiger partial charge < -0.3 is 9.47 Å². The number of benzene rings is 2. The predicted molar refractivity (Wildman–Crippen MR) is 102 cm³/mol. The van der Waals surface area contributed by atoms with Crippen molar-refractivity contribution in [3.05, 3.63) is 63.6 Å². The van der Waals surface area contributed by atoms with E-state index in [2.05, 4.69) is 0 Å². The Morgan fingerprint density at radius 2 is 1.74 bits per heavy atom. The Bertz CT molecular complexity index is 925. The topological polar surface area (TPSA) is 72.9 Å². The van der Waals surface area contributed by atoms with Gasteiger partial charge in [0.2, 0.25) is 10.0 Å². The molecule has 27 heavy (non-hydrogen) atoms. The van der Waals surface area contributed by atoms with Crippen LogP contribution in [0.2, 0.25) is 10.0 Å². The Morgan fingerprint density at radius 1 is 1.07 bits per heavy atom. The zero-order valence-electron chi connectivity index (χ0n) is 14.2. The van der Waals surface area contributed by atoms with Crippen molar-refractivity contribution >= 4 is 39.2 Å². The van der Waals surface area contributed by atoms with Gasteiger partial charge in [-0.05, 0) is 36.4 Å². The molecule has 2 aromatic rings. The van der Waals surface area contributed by atoms with E-state index in [9.17, 15) is 13.2 Å². The van der Waals surface area contributed by atoms with Crippen LogP contribution in [0, 0.1) is 0 Å². The van der Waals surface area contributed by atoms with Crippen LogP contribution in [0.3, 0.4) is 0 Å². The number of hydrogen-bond donors (Lipinski definition) is 0. The number of sulfonamides is 1. The summed E-state index contributed by atoms with van der Waals surface area (Å²) in [7, 11) is -3.60. The summed E-state index contributed by atoms with van der Waals surface area (Å²) in [6.07, 6.45) is 0. The maximum atomic E-state index is 12.6. The zero-order valence-corrected chi connectivity index (χ0v) is 16.6. The molecule has 1 fully saturated rings. The maximum absolute atomic E-state index is 12.6. The Labute approximate surface area is 167 Å². The van der Waals surface area contributed by atoms with Crippen LogP contribution in [-0.2, 0) is 26.1 Å². The number of carbonyl (C=O) groups is 1. The lowest BCUT2D eigenvalue weighted by Crippen LogP contribution is -2.40. The second kappa shape index (κ2) is 8.58. The van der Waals surface area contributed by atoms with Crippen LogP contribution in [0.25, 0.3) is 0 Å². The van der Waals surface area contributed by atoms with Crippen LogP contribution in [0.5, 0.6) is 0 Å². The molecule has 144 valence electrons. The van der Waals surface area contributed by atoms with Crippen molar-refractivity contribution in [2.75, 3.05) is 26.3 Å². The molecule has 0 amide bonds. The molecule has 1 heterocycles. The highest BCUT2D eigenvalue weighted by Crippen LogP contribution is 2.22. The first-order valence-electron chi connectivity index (χ1n) is 8.17. The van der Waals surface area contributed by atoms with Gasteiger partial charge in [-0.3, -0.25) is 0 Å². The third-order valence-corrected chi connectivity index (χ3v) is 6.57. The van der Waals surface area contributed by atoms with Gasteiger partial charge in [0, 0.05) is 28.7 Å². The number of halogens is 2. The summed E-state index contributed by atoms with van der Waals surface area (Å²) in [6.45, 7) is 1.36. The van der Waals surface area contributed by atoms with E-state index >= 15 is 0 Å². The summed E-state index contributed by atoms with van der Waals surface area (Å²) in [5.74, 6) is -0.573. The molecule has 1 saturated heterocycles. The smallest absolute Gasteiger partial charge is 0.338 e. The Kier molecular flexibility index (Phi) is 6.39. The van der Waals surface area contributed by atoms with Gasteiger partial charge in [0.15, 0.2) is 0 Å². The van der Waals surface area contributed by atoms with Crippen LogP contribution < -0.4 is 0 Å². The molecule has 0 saturated carbocycles. The molecule has 0 aliphatic carbocycles. The quantitative estimate of drug-likeness (QED) is 0.681. The number of hydrogen-bond acceptors (Lipinski definition) is 5. The molecule has 0 unspecified atom stereocenters. The van der Waals surface area contributed by atoms with Gasteiger partial charge in [0.25, 0.3) is 0 Å². The average Bonchev–Trinajstić information content (AvgIpc) is 2.68. The van der Waals surface area contributed by atoms with Gasteiger partial charge in [0.1, 0.15) is 6.61 Å². The Morgan fingerprint density at radius 3 is 2.37 bits per heavy atom. The molecular formula is C18H17Cl2NO5S.